The van der Waals surface area contributed by atoms with Crippen LogP contribution >= 0.6 is 11.8 Å². The van der Waals surface area contributed by atoms with Gasteiger partial charge in [-0.2, -0.15) is 0 Å². The molecular weight excluding hydrogens is 398 g/mol. The van der Waals surface area contributed by atoms with E-state index in [0.29, 0.717) is 16.3 Å². The van der Waals surface area contributed by atoms with Crippen molar-refractivity contribution in [1.29, 1.82) is 0 Å². The van der Waals surface area contributed by atoms with Crippen molar-refractivity contribution in [2.24, 2.45) is 0 Å². The lowest BCUT2D eigenvalue weighted by atomic mass is 10.2. The van der Waals surface area contributed by atoms with Gasteiger partial charge in [0.05, 0.1) is 17.6 Å². The molecule has 0 aliphatic heterocycles. The number of nitrogens with one attached hydrogen (secondary N) is 1. The van der Waals surface area contributed by atoms with E-state index in [2.05, 4.69) is 5.32 Å². The quantitative estimate of drug-likeness (QED) is 0.724. The molecule has 1 N–H and O–H groups in total. The second kappa shape index (κ2) is 9.11. The molecule has 0 spiro atoms. The van der Waals surface area contributed by atoms with Gasteiger partial charge in [0.1, 0.15) is 6.54 Å². The number of amides is 2. The van der Waals surface area contributed by atoms with Gasteiger partial charge in [-0.15, -0.1) is 0 Å². The van der Waals surface area contributed by atoms with Crippen molar-refractivity contribution in [3.63, 3.8) is 0 Å². The van der Waals surface area contributed by atoms with E-state index < -0.39 is 15.9 Å². The summed E-state index contributed by atoms with van der Waals surface area (Å²) in [5.74, 6) is -0.501. The molecule has 0 fully saturated rings. The lowest BCUT2D eigenvalue weighted by Crippen LogP contribution is -2.37. The van der Waals surface area contributed by atoms with Gasteiger partial charge < -0.3 is 10.2 Å². The SMILES string of the molecule is Cc1ccccc1N(CC(=O)Nc1ccccc1SC(=O)N(C)C)S(C)(=O)=O. The Bertz CT molecular complexity index is 975. The molecule has 9 heteroatoms. The van der Waals surface area contributed by atoms with E-state index in [9.17, 15) is 18.0 Å². The highest BCUT2D eigenvalue weighted by atomic mass is 32.2. The topological polar surface area (TPSA) is 86.8 Å². The summed E-state index contributed by atoms with van der Waals surface area (Å²) >= 11 is 0.984. The van der Waals surface area contributed by atoms with Crippen LogP contribution < -0.4 is 9.62 Å². The minimum absolute atomic E-state index is 0.181. The minimum atomic E-state index is -3.66. The fraction of sp³-hybridized carbons (Fsp3) is 0.263. The number of para-hydroxylation sites is 2. The molecule has 0 unspecified atom stereocenters. The Kier molecular flexibility index (Phi) is 7.09. The van der Waals surface area contributed by atoms with Gasteiger partial charge >= 0.3 is 0 Å². The van der Waals surface area contributed by atoms with Crippen molar-refractivity contribution in [3.05, 3.63) is 54.1 Å². The number of thioether (sulfide) groups is 1. The molecule has 7 nitrogen and oxygen atoms in total. The number of anilines is 2. The van der Waals surface area contributed by atoms with Gasteiger partial charge in [-0.1, -0.05) is 30.3 Å². The van der Waals surface area contributed by atoms with Crippen LogP contribution in [0.2, 0.25) is 0 Å². The van der Waals surface area contributed by atoms with Gasteiger partial charge in [-0.25, -0.2) is 8.42 Å². The number of benzene rings is 2. The van der Waals surface area contributed by atoms with E-state index in [0.717, 1.165) is 27.9 Å². The summed E-state index contributed by atoms with van der Waals surface area (Å²) < 4.78 is 25.6. The van der Waals surface area contributed by atoms with Crippen LogP contribution in [0.3, 0.4) is 0 Å². The zero-order valence-electron chi connectivity index (χ0n) is 16.2. The summed E-state index contributed by atoms with van der Waals surface area (Å²) in [7, 11) is -0.379. The highest BCUT2D eigenvalue weighted by Gasteiger charge is 2.23. The Labute approximate surface area is 169 Å². The normalized spacial score (nSPS) is 11.0. The van der Waals surface area contributed by atoms with Crippen LogP contribution in [0.15, 0.2) is 53.4 Å². The lowest BCUT2D eigenvalue weighted by Gasteiger charge is -2.23. The largest absolute Gasteiger partial charge is 0.339 e. The molecule has 2 rings (SSSR count). The first-order valence-corrected chi connectivity index (χ1v) is 11.1. The predicted octanol–water partition coefficient (Wildman–Crippen LogP) is 3.17. The average molecular weight is 422 g/mol. The zero-order chi connectivity index (χ0) is 20.9. The molecule has 150 valence electrons. The molecule has 2 amide bonds. The van der Waals surface area contributed by atoms with Crippen LogP contribution in [0, 0.1) is 6.92 Å². The Morgan fingerprint density at radius 1 is 1.04 bits per heavy atom. The molecule has 0 bridgehead atoms. The Morgan fingerprint density at radius 2 is 1.64 bits per heavy atom. The maximum atomic E-state index is 12.6. The number of aryl methyl sites for hydroxylation is 1. The van der Waals surface area contributed by atoms with Crippen LogP contribution in [-0.2, 0) is 14.8 Å². The van der Waals surface area contributed by atoms with E-state index in [-0.39, 0.29) is 11.8 Å². The van der Waals surface area contributed by atoms with Crippen molar-refractivity contribution >= 4 is 44.3 Å². The van der Waals surface area contributed by atoms with E-state index in [1.54, 1.807) is 69.6 Å². The van der Waals surface area contributed by atoms with E-state index in [1.165, 1.54) is 4.90 Å². The second-order valence-electron chi connectivity index (χ2n) is 6.36. The molecule has 2 aromatic rings. The number of hydrogen-bond acceptors (Lipinski definition) is 5. The predicted molar refractivity (Wildman–Crippen MR) is 113 cm³/mol. The molecule has 0 saturated carbocycles. The van der Waals surface area contributed by atoms with Gasteiger partial charge in [-0.05, 0) is 42.4 Å². The minimum Gasteiger partial charge on any atom is -0.339 e. The first-order chi connectivity index (χ1) is 13.1. The molecule has 0 atom stereocenters. The molecule has 0 aliphatic rings. The summed E-state index contributed by atoms with van der Waals surface area (Å²) in [4.78, 5) is 26.6. The number of carbonyl (C=O) groups excluding carboxylic acids is 2. The van der Waals surface area contributed by atoms with Crippen molar-refractivity contribution in [1.82, 2.24) is 4.90 Å². The Morgan fingerprint density at radius 3 is 2.25 bits per heavy atom. The van der Waals surface area contributed by atoms with Gasteiger partial charge in [0.2, 0.25) is 15.9 Å². The van der Waals surface area contributed by atoms with Gasteiger partial charge in [0.15, 0.2) is 0 Å². The summed E-state index contributed by atoms with van der Waals surface area (Å²) in [5.41, 5.74) is 1.64. The van der Waals surface area contributed by atoms with Crippen LogP contribution in [0.1, 0.15) is 5.56 Å². The first kappa shape index (κ1) is 21.8. The zero-order valence-corrected chi connectivity index (χ0v) is 17.8. The second-order valence-corrected chi connectivity index (χ2v) is 9.26. The fourth-order valence-electron chi connectivity index (χ4n) is 2.39. The average Bonchev–Trinajstić information content (AvgIpc) is 2.61. The third-order valence-electron chi connectivity index (χ3n) is 3.80. The van der Waals surface area contributed by atoms with E-state index in [4.69, 9.17) is 0 Å². The van der Waals surface area contributed by atoms with E-state index >= 15 is 0 Å². The standard InChI is InChI=1S/C19H23N3O4S2/c1-14-9-5-7-11-16(14)22(28(4,25)26)13-18(23)20-15-10-6-8-12-17(15)27-19(24)21(2)3/h5-12H,13H2,1-4H3,(H,20,23). The number of carbonyl (C=O) groups is 2. The maximum absolute atomic E-state index is 12.6. The molecule has 0 aliphatic carbocycles. The van der Waals surface area contributed by atoms with Gasteiger partial charge in [-0.3, -0.25) is 13.9 Å². The van der Waals surface area contributed by atoms with Crippen LogP contribution in [-0.4, -0.2) is 51.4 Å². The fourth-order valence-corrected chi connectivity index (χ4v) is 4.05. The number of nitrogens with zero attached hydrogens (tertiary/aromatic N) is 2. The summed E-state index contributed by atoms with van der Waals surface area (Å²) in [6, 6.07) is 13.8. The summed E-state index contributed by atoms with van der Waals surface area (Å²) in [6.45, 7) is 1.41. The molecule has 0 radical (unpaired) electrons. The number of sulfonamides is 1. The lowest BCUT2D eigenvalue weighted by molar-refractivity contribution is -0.114. The van der Waals surface area contributed by atoms with Crippen molar-refractivity contribution in [2.75, 3.05) is 36.5 Å². The first-order valence-electron chi connectivity index (χ1n) is 8.41. The molecule has 28 heavy (non-hydrogen) atoms. The Balaban J connectivity index is 2.23. The smallest absolute Gasteiger partial charge is 0.286 e. The maximum Gasteiger partial charge on any atom is 0.286 e. The third-order valence-corrected chi connectivity index (χ3v) is 6.04. The van der Waals surface area contributed by atoms with Crippen molar-refractivity contribution in [3.8, 4) is 0 Å². The van der Waals surface area contributed by atoms with Gasteiger partial charge in [0, 0.05) is 19.0 Å². The van der Waals surface area contributed by atoms with Crippen LogP contribution in [0.4, 0.5) is 16.2 Å². The summed E-state index contributed by atoms with van der Waals surface area (Å²) in [5, 5.41) is 2.53. The van der Waals surface area contributed by atoms with Gasteiger partial charge in [0.25, 0.3) is 5.24 Å². The molecule has 0 saturated heterocycles. The monoisotopic (exact) mass is 421 g/mol. The van der Waals surface area contributed by atoms with Crippen molar-refractivity contribution < 1.29 is 18.0 Å². The highest BCUT2D eigenvalue weighted by Crippen LogP contribution is 2.29. The molecule has 0 heterocycles. The van der Waals surface area contributed by atoms with Crippen LogP contribution in [0.25, 0.3) is 0 Å². The summed E-state index contributed by atoms with van der Waals surface area (Å²) in [6.07, 6.45) is 1.06. The van der Waals surface area contributed by atoms with Crippen LogP contribution in [0.5, 0.6) is 0 Å². The molecular formula is C19H23N3O4S2. The molecule has 0 aromatic heterocycles. The number of rotatable bonds is 6. The Hall–Kier alpha value is -2.52. The van der Waals surface area contributed by atoms with Crippen molar-refractivity contribution in [2.45, 2.75) is 11.8 Å². The third kappa shape index (κ3) is 5.74. The number of hydrogen-bond donors (Lipinski definition) is 1. The molecule has 2 aromatic carbocycles. The van der Waals surface area contributed by atoms with E-state index in [1.807, 2.05) is 0 Å². The highest BCUT2D eigenvalue weighted by molar-refractivity contribution is 8.13.